The topological polar surface area (TPSA) is 96.4 Å². The number of benzene rings is 1. The van der Waals surface area contributed by atoms with E-state index in [0.717, 1.165) is 15.2 Å². The molecule has 9 heteroatoms. The molecule has 24 heavy (non-hydrogen) atoms. The van der Waals surface area contributed by atoms with Gasteiger partial charge in [-0.25, -0.2) is 13.4 Å². The Hall–Kier alpha value is -1.84. The van der Waals surface area contributed by atoms with Crippen LogP contribution in [0.1, 0.15) is 17.8 Å². The van der Waals surface area contributed by atoms with Gasteiger partial charge in [-0.3, -0.25) is 14.9 Å². The minimum atomic E-state index is -3.70. The molecule has 7 nitrogen and oxygen atoms in total. The number of fused-ring (bicyclic) bond motifs is 1. The van der Waals surface area contributed by atoms with Crippen LogP contribution in [0.2, 0.25) is 0 Å². The molecule has 1 aromatic carbocycles. The van der Waals surface area contributed by atoms with Crippen LogP contribution in [0.15, 0.2) is 23.1 Å². The van der Waals surface area contributed by atoms with Crippen molar-refractivity contribution in [3.05, 3.63) is 23.2 Å². The molecule has 1 spiro atoms. The van der Waals surface area contributed by atoms with Crippen LogP contribution in [-0.2, 0) is 19.6 Å². The summed E-state index contributed by atoms with van der Waals surface area (Å²) in [5, 5.41) is 3.16. The Bertz CT molecular complexity index is 982. The fourth-order valence-electron chi connectivity index (χ4n) is 3.39. The van der Waals surface area contributed by atoms with Crippen molar-refractivity contribution in [1.82, 2.24) is 14.6 Å². The second-order valence-corrected chi connectivity index (χ2v) is 9.46. The Balaban J connectivity index is 1.67. The highest BCUT2D eigenvalue weighted by atomic mass is 32.2. The maximum absolute atomic E-state index is 12.9. The molecule has 2 aliphatic heterocycles. The van der Waals surface area contributed by atoms with Gasteiger partial charge in [0, 0.05) is 19.5 Å². The van der Waals surface area contributed by atoms with Crippen LogP contribution >= 0.6 is 11.3 Å². The smallest absolute Gasteiger partial charge is 0.243 e. The molecule has 2 aliphatic rings. The van der Waals surface area contributed by atoms with E-state index < -0.39 is 15.4 Å². The first-order chi connectivity index (χ1) is 11.3. The van der Waals surface area contributed by atoms with E-state index in [-0.39, 0.29) is 36.2 Å². The highest BCUT2D eigenvalue weighted by molar-refractivity contribution is 7.89. The van der Waals surface area contributed by atoms with Gasteiger partial charge in [-0.1, -0.05) is 0 Å². The Labute approximate surface area is 142 Å². The summed E-state index contributed by atoms with van der Waals surface area (Å²) >= 11 is 1.44. The number of aromatic nitrogens is 1. The summed E-state index contributed by atoms with van der Waals surface area (Å²) in [4.78, 5) is 28.0. The third kappa shape index (κ3) is 2.27. The van der Waals surface area contributed by atoms with Gasteiger partial charge in [-0.05, 0) is 31.5 Å². The number of carbonyl (C=O) groups excluding carboxylic acids is 2. The molecule has 1 atom stereocenters. The Morgan fingerprint density at radius 3 is 2.83 bits per heavy atom. The molecule has 2 amide bonds. The largest absolute Gasteiger partial charge is 0.296 e. The fourth-order valence-corrected chi connectivity index (χ4v) is 5.88. The van der Waals surface area contributed by atoms with Gasteiger partial charge >= 0.3 is 0 Å². The first kappa shape index (κ1) is 15.7. The normalized spacial score (nSPS) is 25.0. The number of aryl methyl sites for hydroxylation is 1. The number of nitrogens with one attached hydrogen (secondary N) is 1. The zero-order chi connectivity index (χ0) is 17.1. The quantitative estimate of drug-likeness (QED) is 0.802. The summed E-state index contributed by atoms with van der Waals surface area (Å²) in [5.74, 6) is -0.695. The zero-order valence-corrected chi connectivity index (χ0v) is 14.5. The van der Waals surface area contributed by atoms with Gasteiger partial charge in [0.25, 0.3) is 0 Å². The van der Waals surface area contributed by atoms with Crippen LogP contribution in [0, 0.1) is 12.3 Å². The number of carbonyl (C=O) groups is 2. The average molecular weight is 365 g/mol. The van der Waals surface area contributed by atoms with Crippen LogP contribution in [0.3, 0.4) is 0 Å². The predicted molar refractivity (Wildman–Crippen MR) is 87.9 cm³/mol. The van der Waals surface area contributed by atoms with E-state index in [1.165, 1.54) is 15.6 Å². The van der Waals surface area contributed by atoms with Crippen LogP contribution in [0.25, 0.3) is 10.2 Å². The highest BCUT2D eigenvalue weighted by Gasteiger charge is 2.53. The van der Waals surface area contributed by atoms with Crippen LogP contribution in [0.5, 0.6) is 0 Å². The van der Waals surface area contributed by atoms with Crippen molar-refractivity contribution in [2.75, 3.05) is 13.1 Å². The monoisotopic (exact) mass is 365 g/mol. The number of thiazole rings is 1. The number of hydrogen-bond acceptors (Lipinski definition) is 6. The van der Waals surface area contributed by atoms with Gasteiger partial charge < -0.3 is 0 Å². The number of rotatable bonds is 2. The lowest BCUT2D eigenvalue weighted by atomic mass is 9.86. The third-order valence-electron chi connectivity index (χ3n) is 4.66. The summed E-state index contributed by atoms with van der Waals surface area (Å²) < 4.78 is 27.9. The SMILES string of the molecule is Cc1nc2ccc(S(=O)(=O)N3CC[C@]4(CC(=O)NC4=O)C3)cc2s1. The van der Waals surface area contributed by atoms with E-state index in [0.29, 0.717) is 6.42 Å². The maximum Gasteiger partial charge on any atom is 0.243 e. The summed E-state index contributed by atoms with van der Waals surface area (Å²) in [7, 11) is -3.70. The fraction of sp³-hybridized carbons (Fsp3) is 0.400. The molecule has 1 N–H and O–H groups in total. The lowest BCUT2D eigenvalue weighted by molar-refractivity contribution is -0.128. The van der Waals surface area contributed by atoms with E-state index in [1.54, 1.807) is 18.2 Å². The molecule has 2 fully saturated rings. The Morgan fingerprint density at radius 1 is 1.33 bits per heavy atom. The molecule has 126 valence electrons. The summed E-state index contributed by atoms with van der Waals surface area (Å²) in [6.45, 7) is 2.16. The molecule has 0 radical (unpaired) electrons. The molecule has 2 aromatic rings. The first-order valence-electron chi connectivity index (χ1n) is 7.52. The summed E-state index contributed by atoms with van der Waals surface area (Å²) in [6.07, 6.45) is 0.427. The van der Waals surface area contributed by atoms with Crippen molar-refractivity contribution in [3.8, 4) is 0 Å². The van der Waals surface area contributed by atoms with Crippen molar-refractivity contribution in [3.63, 3.8) is 0 Å². The summed E-state index contributed by atoms with van der Waals surface area (Å²) in [6, 6.07) is 4.87. The van der Waals surface area contributed by atoms with Crippen molar-refractivity contribution in [1.29, 1.82) is 0 Å². The first-order valence-corrected chi connectivity index (χ1v) is 9.78. The van der Waals surface area contributed by atoms with E-state index in [1.807, 2.05) is 6.92 Å². The van der Waals surface area contributed by atoms with E-state index in [9.17, 15) is 18.0 Å². The van der Waals surface area contributed by atoms with Crippen LogP contribution in [-0.4, -0.2) is 42.6 Å². The Kier molecular flexibility index (Phi) is 3.32. The van der Waals surface area contributed by atoms with Gasteiger partial charge in [0.2, 0.25) is 21.8 Å². The number of hydrogen-bond donors (Lipinski definition) is 1. The van der Waals surface area contributed by atoms with Gasteiger partial charge in [0.1, 0.15) is 0 Å². The minimum Gasteiger partial charge on any atom is -0.296 e. The molecule has 2 saturated heterocycles. The molecule has 3 heterocycles. The van der Waals surface area contributed by atoms with E-state index in [2.05, 4.69) is 10.3 Å². The lowest BCUT2D eigenvalue weighted by Gasteiger charge is -2.20. The zero-order valence-electron chi connectivity index (χ0n) is 12.9. The summed E-state index contributed by atoms with van der Waals surface area (Å²) in [5.41, 5.74) is -0.134. The number of nitrogens with zero attached hydrogens (tertiary/aromatic N) is 2. The number of imide groups is 1. The highest BCUT2D eigenvalue weighted by Crippen LogP contribution is 2.40. The van der Waals surface area contributed by atoms with Gasteiger partial charge in [-0.2, -0.15) is 4.31 Å². The van der Waals surface area contributed by atoms with Gasteiger partial charge in [0.05, 0.1) is 25.5 Å². The number of sulfonamides is 1. The lowest BCUT2D eigenvalue weighted by Crippen LogP contribution is -2.36. The Morgan fingerprint density at radius 2 is 2.12 bits per heavy atom. The molecule has 0 bridgehead atoms. The molecule has 1 aromatic heterocycles. The van der Waals surface area contributed by atoms with Gasteiger partial charge in [-0.15, -0.1) is 11.3 Å². The molecule has 0 aliphatic carbocycles. The molecule has 0 saturated carbocycles. The van der Waals surface area contributed by atoms with E-state index in [4.69, 9.17) is 0 Å². The number of amides is 2. The van der Waals surface area contributed by atoms with Crippen molar-refractivity contribution in [2.45, 2.75) is 24.7 Å². The van der Waals surface area contributed by atoms with Crippen molar-refractivity contribution in [2.24, 2.45) is 5.41 Å². The van der Waals surface area contributed by atoms with Crippen LogP contribution in [0.4, 0.5) is 0 Å². The molecule has 4 rings (SSSR count). The predicted octanol–water partition coefficient (Wildman–Crippen LogP) is 1.03. The third-order valence-corrected chi connectivity index (χ3v) is 7.43. The molecular weight excluding hydrogens is 350 g/mol. The van der Waals surface area contributed by atoms with Crippen molar-refractivity contribution < 1.29 is 18.0 Å². The van der Waals surface area contributed by atoms with Gasteiger partial charge in [0.15, 0.2) is 0 Å². The average Bonchev–Trinajstić information content (AvgIpc) is 3.16. The van der Waals surface area contributed by atoms with Crippen molar-refractivity contribution >= 4 is 43.4 Å². The second-order valence-electron chi connectivity index (χ2n) is 6.29. The maximum atomic E-state index is 12.9. The van der Waals surface area contributed by atoms with Crippen LogP contribution < -0.4 is 5.32 Å². The van der Waals surface area contributed by atoms with E-state index >= 15 is 0 Å². The second kappa shape index (κ2) is 5.08. The standard InChI is InChI=1S/C15H15N3O4S2/c1-9-16-11-3-2-10(6-12(11)23-9)24(21,22)18-5-4-15(8-18)7-13(19)17-14(15)20/h2-3,6H,4-5,7-8H2,1H3,(H,17,19,20)/t15-/m0/s1. The molecule has 0 unspecified atom stereocenters. The minimum absolute atomic E-state index is 0.0483. The molecular formula is C15H15N3O4S2.